The van der Waals surface area contributed by atoms with Gasteiger partial charge in [-0.1, -0.05) is 12.1 Å². The quantitative estimate of drug-likeness (QED) is 0.887. The van der Waals surface area contributed by atoms with Crippen molar-refractivity contribution in [3.05, 3.63) is 29.8 Å². The van der Waals surface area contributed by atoms with Crippen LogP contribution in [0.1, 0.15) is 38.2 Å². The van der Waals surface area contributed by atoms with Crippen molar-refractivity contribution in [2.24, 2.45) is 0 Å². The van der Waals surface area contributed by atoms with E-state index in [0.717, 1.165) is 24.2 Å². The van der Waals surface area contributed by atoms with Crippen molar-refractivity contribution >= 4 is 6.09 Å². The summed E-state index contributed by atoms with van der Waals surface area (Å²) in [6.07, 6.45) is 4.86. The number of benzene rings is 1. The van der Waals surface area contributed by atoms with Gasteiger partial charge in [0.25, 0.3) is 0 Å². The number of nitrogens with one attached hydrogen (secondary N) is 1. The Morgan fingerprint density at radius 3 is 2.58 bits per heavy atom. The zero-order valence-electron chi connectivity index (χ0n) is 11.4. The van der Waals surface area contributed by atoms with Crippen molar-refractivity contribution in [2.75, 3.05) is 6.61 Å². The molecule has 0 atom stereocenters. The van der Waals surface area contributed by atoms with Crippen molar-refractivity contribution in [1.82, 2.24) is 5.32 Å². The molecule has 1 amide bonds. The molecule has 0 aromatic heterocycles. The third-order valence-electron chi connectivity index (χ3n) is 3.24. The van der Waals surface area contributed by atoms with Gasteiger partial charge in [0.1, 0.15) is 5.75 Å². The average Bonchev–Trinajstić information content (AvgIpc) is 2.91. The van der Waals surface area contributed by atoms with Crippen LogP contribution in [0, 0.1) is 0 Å². The lowest BCUT2D eigenvalue weighted by Crippen LogP contribution is -2.23. The van der Waals surface area contributed by atoms with Crippen molar-refractivity contribution < 1.29 is 14.3 Å². The summed E-state index contributed by atoms with van der Waals surface area (Å²) in [6, 6.07) is 7.86. The Kier molecular flexibility index (Phi) is 5.07. The minimum Gasteiger partial charge on any atom is -0.490 e. The topological polar surface area (TPSA) is 47.6 Å². The molecule has 1 aromatic carbocycles. The van der Waals surface area contributed by atoms with Crippen LogP contribution in [0.15, 0.2) is 24.3 Å². The third kappa shape index (κ3) is 4.47. The highest BCUT2D eigenvalue weighted by Gasteiger charge is 2.16. The van der Waals surface area contributed by atoms with Crippen LogP contribution in [0.2, 0.25) is 0 Å². The lowest BCUT2D eigenvalue weighted by molar-refractivity contribution is 0.151. The van der Waals surface area contributed by atoms with E-state index in [4.69, 9.17) is 9.47 Å². The summed E-state index contributed by atoms with van der Waals surface area (Å²) in [5, 5.41) is 2.69. The van der Waals surface area contributed by atoms with Gasteiger partial charge in [-0.15, -0.1) is 0 Å². The van der Waals surface area contributed by atoms with Gasteiger partial charge in [0.05, 0.1) is 12.7 Å². The second-order valence-corrected chi connectivity index (χ2v) is 4.74. The highest BCUT2D eigenvalue weighted by molar-refractivity contribution is 5.67. The molecule has 1 fully saturated rings. The summed E-state index contributed by atoms with van der Waals surface area (Å²) in [6.45, 7) is 2.65. The summed E-state index contributed by atoms with van der Waals surface area (Å²) in [7, 11) is 0. The van der Waals surface area contributed by atoms with E-state index in [1.54, 1.807) is 6.92 Å². The maximum Gasteiger partial charge on any atom is 0.407 e. The molecular weight excluding hydrogens is 242 g/mol. The average molecular weight is 263 g/mol. The fourth-order valence-corrected chi connectivity index (χ4v) is 2.24. The molecule has 0 saturated heterocycles. The number of ether oxygens (including phenoxy) is 2. The van der Waals surface area contributed by atoms with Crippen molar-refractivity contribution in [2.45, 2.75) is 45.3 Å². The highest BCUT2D eigenvalue weighted by atomic mass is 16.5. The number of rotatable bonds is 5. The zero-order chi connectivity index (χ0) is 13.5. The van der Waals surface area contributed by atoms with Gasteiger partial charge in [-0.25, -0.2) is 4.79 Å². The molecule has 1 N–H and O–H groups in total. The van der Waals surface area contributed by atoms with E-state index in [1.165, 1.54) is 12.8 Å². The van der Waals surface area contributed by atoms with Gasteiger partial charge in [-0.3, -0.25) is 0 Å². The van der Waals surface area contributed by atoms with Gasteiger partial charge in [0.15, 0.2) is 0 Å². The number of alkyl carbamates (subject to hydrolysis) is 1. The summed E-state index contributed by atoms with van der Waals surface area (Å²) in [5.41, 5.74) is 1.03. The van der Waals surface area contributed by atoms with Crippen LogP contribution in [0.25, 0.3) is 0 Å². The van der Waals surface area contributed by atoms with E-state index >= 15 is 0 Å². The minimum absolute atomic E-state index is 0.378. The minimum atomic E-state index is -0.381. The molecule has 0 unspecified atom stereocenters. The Balaban J connectivity index is 1.79. The largest absolute Gasteiger partial charge is 0.490 e. The molecule has 0 heterocycles. The molecular formula is C15H21NO3. The Hall–Kier alpha value is -1.71. The first-order valence-electron chi connectivity index (χ1n) is 6.94. The molecule has 1 saturated carbocycles. The second kappa shape index (κ2) is 7.02. The first-order valence-corrected chi connectivity index (χ1v) is 6.94. The van der Waals surface area contributed by atoms with Crippen LogP contribution >= 0.6 is 0 Å². The van der Waals surface area contributed by atoms with Crippen LogP contribution in [0.4, 0.5) is 4.79 Å². The van der Waals surface area contributed by atoms with Gasteiger partial charge in [0.2, 0.25) is 0 Å². The summed E-state index contributed by atoms with van der Waals surface area (Å²) >= 11 is 0. The third-order valence-corrected chi connectivity index (χ3v) is 3.24. The van der Waals surface area contributed by atoms with Crippen LogP contribution < -0.4 is 10.1 Å². The standard InChI is InChI=1S/C15H21NO3/c1-2-18-15(17)16-11-12-7-9-14(10-8-12)19-13-5-3-4-6-13/h7-10,13H,2-6,11H2,1H3,(H,16,17). The first-order chi connectivity index (χ1) is 9.28. The summed E-state index contributed by atoms with van der Waals surface area (Å²) in [5.74, 6) is 0.909. The fourth-order valence-electron chi connectivity index (χ4n) is 2.24. The van der Waals surface area contributed by atoms with Gasteiger partial charge in [0, 0.05) is 6.54 Å². The Morgan fingerprint density at radius 2 is 1.95 bits per heavy atom. The van der Waals surface area contributed by atoms with Crippen LogP contribution in [0.5, 0.6) is 5.75 Å². The van der Waals surface area contributed by atoms with E-state index in [1.807, 2.05) is 24.3 Å². The van der Waals surface area contributed by atoms with Crippen molar-refractivity contribution in [3.8, 4) is 5.75 Å². The van der Waals surface area contributed by atoms with Crippen LogP contribution in [-0.2, 0) is 11.3 Å². The molecule has 1 aliphatic rings. The molecule has 1 aliphatic carbocycles. The number of carbonyl (C=O) groups is 1. The van der Waals surface area contributed by atoms with E-state index in [0.29, 0.717) is 19.3 Å². The normalized spacial score (nSPS) is 15.2. The molecule has 2 rings (SSSR count). The smallest absolute Gasteiger partial charge is 0.407 e. The second-order valence-electron chi connectivity index (χ2n) is 4.74. The SMILES string of the molecule is CCOC(=O)NCc1ccc(OC2CCCC2)cc1. The van der Waals surface area contributed by atoms with E-state index in [-0.39, 0.29) is 6.09 Å². The molecule has 0 radical (unpaired) electrons. The lowest BCUT2D eigenvalue weighted by atomic mass is 10.2. The molecule has 0 bridgehead atoms. The zero-order valence-corrected chi connectivity index (χ0v) is 11.4. The van der Waals surface area contributed by atoms with Gasteiger partial charge < -0.3 is 14.8 Å². The van der Waals surface area contributed by atoms with E-state index in [2.05, 4.69) is 5.32 Å². The lowest BCUT2D eigenvalue weighted by Gasteiger charge is -2.13. The van der Waals surface area contributed by atoms with Crippen LogP contribution in [0.3, 0.4) is 0 Å². The van der Waals surface area contributed by atoms with Gasteiger partial charge in [-0.2, -0.15) is 0 Å². The Bertz CT molecular complexity index is 396. The number of hydrogen-bond donors (Lipinski definition) is 1. The predicted molar refractivity (Wildman–Crippen MR) is 73.2 cm³/mol. The number of amides is 1. The molecule has 19 heavy (non-hydrogen) atoms. The Morgan fingerprint density at radius 1 is 1.26 bits per heavy atom. The molecule has 104 valence electrons. The number of carbonyl (C=O) groups excluding carboxylic acids is 1. The van der Waals surface area contributed by atoms with Gasteiger partial charge >= 0.3 is 6.09 Å². The van der Waals surface area contributed by atoms with Crippen molar-refractivity contribution in [1.29, 1.82) is 0 Å². The van der Waals surface area contributed by atoms with Gasteiger partial charge in [-0.05, 0) is 50.3 Å². The maximum atomic E-state index is 11.2. The van der Waals surface area contributed by atoms with Crippen molar-refractivity contribution in [3.63, 3.8) is 0 Å². The van der Waals surface area contributed by atoms with Crippen LogP contribution in [-0.4, -0.2) is 18.8 Å². The summed E-state index contributed by atoms with van der Waals surface area (Å²) < 4.78 is 10.7. The molecule has 4 heteroatoms. The fraction of sp³-hybridized carbons (Fsp3) is 0.533. The molecule has 0 spiro atoms. The summed E-state index contributed by atoms with van der Waals surface area (Å²) in [4.78, 5) is 11.2. The predicted octanol–water partition coefficient (Wildman–Crippen LogP) is 3.25. The highest BCUT2D eigenvalue weighted by Crippen LogP contribution is 2.24. The Labute approximate surface area is 114 Å². The van der Waals surface area contributed by atoms with E-state index < -0.39 is 0 Å². The molecule has 1 aromatic rings. The maximum absolute atomic E-state index is 11.2. The number of hydrogen-bond acceptors (Lipinski definition) is 3. The first kappa shape index (κ1) is 13.7. The monoisotopic (exact) mass is 263 g/mol. The van der Waals surface area contributed by atoms with E-state index in [9.17, 15) is 4.79 Å². The molecule has 4 nitrogen and oxygen atoms in total. The molecule has 0 aliphatic heterocycles.